The van der Waals surface area contributed by atoms with E-state index in [0.717, 1.165) is 38.5 Å². The molecule has 0 aliphatic heterocycles. The van der Waals surface area contributed by atoms with Crippen molar-refractivity contribution in [3.63, 3.8) is 0 Å². The summed E-state index contributed by atoms with van der Waals surface area (Å²) in [7, 11) is 0. The van der Waals surface area contributed by atoms with Gasteiger partial charge in [-0.05, 0) is 71.0 Å². The lowest BCUT2D eigenvalue weighted by Gasteiger charge is -2.03. The molecule has 0 saturated heterocycles. The summed E-state index contributed by atoms with van der Waals surface area (Å²) >= 11 is 11.9. The highest BCUT2D eigenvalue weighted by Crippen LogP contribution is 2.14. The van der Waals surface area contributed by atoms with Crippen LogP contribution in [0.2, 0.25) is 0 Å². The number of carbonyl (C=O) groups is 2. The molecule has 0 N–H and O–H groups in total. The molecule has 2 nitrogen and oxygen atoms in total. The van der Waals surface area contributed by atoms with E-state index in [1.165, 1.54) is 11.1 Å². The molecule has 0 saturated carbocycles. The van der Waals surface area contributed by atoms with Crippen molar-refractivity contribution < 1.29 is 9.59 Å². The van der Waals surface area contributed by atoms with E-state index in [9.17, 15) is 9.59 Å². The summed E-state index contributed by atoms with van der Waals surface area (Å²) in [6.45, 7) is 4.27. The Morgan fingerprint density at radius 2 is 0.973 bits per heavy atom. The molecule has 0 spiro atoms. The van der Waals surface area contributed by atoms with Gasteiger partial charge in [0.1, 0.15) is 0 Å². The lowest BCUT2D eigenvalue weighted by atomic mass is 10.0. The van der Waals surface area contributed by atoms with Gasteiger partial charge in [0.25, 0.3) is 0 Å². The standard InChI is InChI=1S/C16H15BrO.C8H6BrClO.C8H10/c1-2-12-3-7-14(8-4-12)16(18)11-13-5-9-15(17)10-6-13;9-7-3-1-6(2-4-7)5-8(10)11;1-2-8-6-4-3-5-7-8/h3-10H,2,11H2,1H3;1-4H,5H2;3-7H,2H2,1H3. The Kier molecular flexibility index (Phi) is 14.2. The van der Waals surface area contributed by atoms with Crippen LogP contribution in [0, 0.1) is 0 Å². The van der Waals surface area contributed by atoms with Crippen LogP contribution in [-0.4, -0.2) is 11.0 Å². The molecule has 0 unspecified atom stereocenters. The van der Waals surface area contributed by atoms with Crippen LogP contribution >= 0.6 is 43.5 Å². The molecule has 192 valence electrons. The minimum Gasteiger partial charge on any atom is -0.294 e. The zero-order valence-corrected chi connectivity index (χ0v) is 25.0. The fraction of sp³-hybridized carbons (Fsp3) is 0.188. The van der Waals surface area contributed by atoms with E-state index >= 15 is 0 Å². The lowest BCUT2D eigenvalue weighted by Crippen LogP contribution is -2.03. The average Bonchev–Trinajstić information content (AvgIpc) is 2.92. The van der Waals surface area contributed by atoms with E-state index in [1.54, 1.807) is 0 Å². The molecule has 0 heterocycles. The third kappa shape index (κ3) is 12.5. The van der Waals surface area contributed by atoms with Crippen LogP contribution in [0.3, 0.4) is 0 Å². The zero-order chi connectivity index (χ0) is 27.0. The van der Waals surface area contributed by atoms with Crippen LogP contribution in [0.25, 0.3) is 0 Å². The number of rotatable bonds is 7. The minimum absolute atomic E-state index is 0.167. The van der Waals surface area contributed by atoms with Gasteiger partial charge in [-0.2, -0.15) is 0 Å². The minimum atomic E-state index is -0.327. The number of ketones is 1. The van der Waals surface area contributed by atoms with Crippen molar-refractivity contribution in [2.75, 3.05) is 0 Å². The van der Waals surface area contributed by atoms with Gasteiger partial charge in [0, 0.05) is 27.4 Å². The van der Waals surface area contributed by atoms with E-state index in [4.69, 9.17) is 11.6 Å². The summed E-state index contributed by atoms with van der Waals surface area (Å²) < 4.78 is 2.04. The van der Waals surface area contributed by atoms with Crippen LogP contribution in [0.15, 0.2) is 112 Å². The molecule has 0 radical (unpaired) electrons. The van der Waals surface area contributed by atoms with E-state index in [1.807, 2.05) is 78.9 Å². The van der Waals surface area contributed by atoms with E-state index in [-0.39, 0.29) is 11.0 Å². The van der Waals surface area contributed by atoms with Gasteiger partial charge in [-0.1, -0.05) is 125 Å². The van der Waals surface area contributed by atoms with E-state index in [2.05, 4.69) is 70.0 Å². The van der Waals surface area contributed by atoms with Crippen molar-refractivity contribution in [1.82, 2.24) is 0 Å². The van der Waals surface area contributed by atoms with Gasteiger partial charge >= 0.3 is 0 Å². The number of aryl methyl sites for hydroxylation is 2. The first kappa shape index (κ1) is 30.7. The van der Waals surface area contributed by atoms with Gasteiger partial charge in [-0.15, -0.1) is 0 Å². The van der Waals surface area contributed by atoms with Crippen LogP contribution in [0.5, 0.6) is 0 Å². The monoisotopic (exact) mass is 640 g/mol. The Bertz CT molecular complexity index is 1220. The van der Waals surface area contributed by atoms with Crippen LogP contribution in [0.4, 0.5) is 0 Å². The molecular formula is C32H31Br2ClO2. The summed E-state index contributed by atoms with van der Waals surface area (Å²) in [6, 6.07) is 33.7. The average molecular weight is 643 g/mol. The van der Waals surface area contributed by atoms with E-state index < -0.39 is 0 Å². The number of benzene rings is 4. The van der Waals surface area contributed by atoms with Crippen molar-refractivity contribution in [2.45, 2.75) is 39.5 Å². The zero-order valence-electron chi connectivity index (χ0n) is 21.1. The number of Topliss-reactive ketones (excluding diaryl/α,β-unsaturated/α-hetero) is 1. The lowest BCUT2D eigenvalue weighted by molar-refractivity contribution is -0.111. The molecule has 5 heteroatoms. The maximum Gasteiger partial charge on any atom is 0.226 e. The SMILES string of the molecule is CCc1ccc(C(=O)Cc2ccc(Br)cc2)cc1.CCc1ccccc1.O=C(Cl)Cc1ccc(Br)cc1. The second-order valence-corrected chi connectivity index (χ2v) is 10.5. The fourth-order valence-corrected chi connectivity index (χ4v) is 3.98. The Morgan fingerprint density at radius 3 is 1.38 bits per heavy atom. The van der Waals surface area contributed by atoms with Gasteiger partial charge in [0.15, 0.2) is 5.78 Å². The highest BCUT2D eigenvalue weighted by atomic mass is 79.9. The second-order valence-electron chi connectivity index (χ2n) is 8.27. The number of carbonyl (C=O) groups excluding carboxylic acids is 2. The fourth-order valence-electron chi connectivity index (χ4n) is 3.29. The highest BCUT2D eigenvalue weighted by molar-refractivity contribution is 9.10. The second kappa shape index (κ2) is 17.1. The van der Waals surface area contributed by atoms with Crippen molar-refractivity contribution in [3.8, 4) is 0 Å². The Balaban J connectivity index is 0.000000215. The molecule has 0 aliphatic rings. The van der Waals surface area contributed by atoms with Gasteiger partial charge in [-0.25, -0.2) is 0 Å². The molecule has 4 aromatic rings. The Labute approximate surface area is 242 Å². The van der Waals surface area contributed by atoms with E-state index in [0.29, 0.717) is 12.8 Å². The molecule has 0 bridgehead atoms. The molecule has 0 aromatic heterocycles. The molecule has 0 amide bonds. The molecule has 0 atom stereocenters. The van der Waals surface area contributed by atoms with Crippen LogP contribution in [0.1, 0.15) is 46.5 Å². The predicted molar refractivity (Wildman–Crippen MR) is 163 cm³/mol. The van der Waals surface area contributed by atoms with Crippen LogP contribution < -0.4 is 0 Å². The van der Waals surface area contributed by atoms with Crippen molar-refractivity contribution in [1.29, 1.82) is 0 Å². The number of hydrogen-bond donors (Lipinski definition) is 0. The maximum atomic E-state index is 12.1. The summed E-state index contributed by atoms with van der Waals surface area (Å²) in [5.41, 5.74) is 5.44. The van der Waals surface area contributed by atoms with Crippen molar-refractivity contribution in [3.05, 3.63) is 140 Å². The Morgan fingerprint density at radius 1 is 0.568 bits per heavy atom. The van der Waals surface area contributed by atoms with Gasteiger partial charge in [0.05, 0.1) is 0 Å². The van der Waals surface area contributed by atoms with Crippen molar-refractivity contribution >= 4 is 54.5 Å². The Hall–Kier alpha value is -2.53. The first-order chi connectivity index (χ1) is 17.8. The molecule has 37 heavy (non-hydrogen) atoms. The predicted octanol–water partition coefficient (Wildman–Crippen LogP) is 9.44. The third-order valence-electron chi connectivity index (χ3n) is 5.47. The third-order valence-corrected chi connectivity index (χ3v) is 6.66. The summed E-state index contributed by atoms with van der Waals surface area (Å²) in [4.78, 5) is 22.5. The van der Waals surface area contributed by atoms with Gasteiger partial charge in [0.2, 0.25) is 5.24 Å². The summed E-state index contributed by atoms with van der Waals surface area (Å²) in [6.07, 6.45) is 2.90. The van der Waals surface area contributed by atoms with Crippen LogP contribution in [-0.2, 0) is 30.5 Å². The molecule has 0 fully saturated rings. The topological polar surface area (TPSA) is 34.1 Å². The molecular weight excluding hydrogens is 612 g/mol. The summed E-state index contributed by atoms with van der Waals surface area (Å²) in [5, 5.41) is -0.327. The molecule has 0 aliphatic carbocycles. The molecule has 4 aromatic carbocycles. The quantitative estimate of drug-likeness (QED) is 0.149. The highest BCUT2D eigenvalue weighted by Gasteiger charge is 2.06. The van der Waals surface area contributed by atoms with Gasteiger partial charge < -0.3 is 0 Å². The number of halogens is 3. The first-order valence-electron chi connectivity index (χ1n) is 12.1. The van der Waals surface area contributed by atoms with Crippen molar-refractivity contribution in [2.24, 2.45) is 0 Å². The largest absolute Gasteiger partial charge is 0.294 e. The molecule has 4 rings (SSSR count). The number of hydrogen-bond acceptors (Lipinski definition) is 2. The normalized spacial score (nSPS) is 9.86. The maximum absolute atomic E-state index is 12.1. The summed E-state index contributed by atoms with van der Waals surface area (Å²) in [5.74, 6) is 0.167. The smallest absolute Gasteiger partial charge is 0.226 e. The first-order valence-corrected chi connectivity index (χ1v) is 14.1. The van der Waals surface area contributed by atoms with Gasteiger partial charge in [-0.3, -0.25) is 9.59 Å².